The van der Waals surface area contributed by atoms with Crippen molar-refractivity contribution in [3.63, 3.8) is 0 Å². The highest BCUT2D eigenvalue weighted by atomic mass is 16.5. The summed E-state index contributed by atoms with van der Waals surface area (Å²) < 4.78 is 7.34. The topological polar surface area (TPSA) is 50.5 Å². The van der Waals surface area contributed by atoms with Gasteiger partial charge in [-0.2, -0.15) is 5.10 Å². The molecule has 0 aliphatic rings. The highest BCUT2D eigenvalue weighted by Gasteiger charge is 2.10. The predicted octanol–water partition coefficient (Wildman–Crippen LogP) is 1.70. The quantitative estimate of drug-likeness (QED) is 0.754. The molecule has 23 heavy (non-hydrogen) atoms. The Morgan fingerprint density at radius 2 is 2.30 bits per heavy atom. The van der Waals surface area contributed by atoms with Crippen LogP contribution in [-0.4, -0.2) is 46.1 Å². The molecule has 1 atom stereocenters. The van der Waals surface area contributed by atoms with Crippen molar-refractivity contribution in [2.24, 2.45) is 0 Å². The van der Waals surface area contributed by atoms with Gasteiger partial charge in [0, 0.05) is 24.8 Å². The molecule has 0 amide bonds. The summed E-state index contributed by atoms with van der Waals surface area (Å²) in [6.07, 6.45) is 8.42. The summed E-state index contributed by atoms with van der Waals surface area (Å²) in [5.41, 5.74) is 2.20. The molecule has 0 saturated heterocycles. The fourth-order valence-corrected chi connectivity index (χ4v) is 2.35. The highest BCUT2D eigenvalue weighted by molar-refractivity contribution is 5.27. The van der Waals surface area contributed by atoms with Gasteiger partial charge in [0.15, 0.2) is 0 Å². The molecule has 0 fully saturated rings. The molecule has 5 heteroatoms. The molecule has 5 nitrogen and oxygen atoms in total. The van der Waals surface area contributed by atoms with Crippen molar-refractivity contribution in [3.8, 4) is 18.1 Å². The minimum Gasteiger partial charge on any atom is -0.491 e. The molecule has 122 valence electrons. The van der Waals surface area contributed by atoms with Gasteiger partial charge in [-0.05, 0) is 31.7 Å². The first-order valence-electron chi connectivity index (χ1n) is 7.57. The average molecular weight is 313 g/mol. The molecule has 1 N–H and O–H groups in total. The van der Waals surface area contributed by atoms with E-state index in [4.69, 9.17) is 11.2 Å². The fourth-order valence-electron chi connectivity index (χ4n) is 2.35. The number of aliphatic hydroxyl groups excluding tert-OH is 1. The monoisotopic (exact) mass is 313 g/mol. The van der Waals surface area contributed by atoms with Crippen LogP contribution in [0.15, 0.2) is 36.7 Å². The molecule has 0 saturated carbocycles. The molecule has 1 unspecified atom stereocenters. The predicted molar refractivity (Wildman–Crippen MR) is 90.1 cm³/mol. The molecular weight excluding hydrogens is 290 g/mol. The standard InChI is InChI=1S/C18H23N3O2/c1-4-8-21-12-16(10-19-21)11-20(3)13-17(22)14-23-18-7-5-6-15(2)9-18/h1,5-7,9-10,12,17,22H,8,11,13-14H2,2-3H3. The Balaban J connectivity index is 1.75. The SMILES string of the molecule is C#CCn1cc(CN(C)CC(O)COc2cccc(C)c2)cn1. The number of aryl methyl sites for hydroxylation is 1. The molecule has 2 aromatic rings. The highest BCUT2D eigenvalue weighted by Crippen LogP contribution is 2.12. The van der Waals surface area contributed by atoms with Crippen molar-refractivity contribution >= 4 is 0 Å². The van der Waals surface area contributed by atoms with E-state index in [-0.39, 0.29) is 6.61 Å². The Morgan fingerprint density at radius 1 is 1.48 bits per heavy atom. The summed E-state index contributed by atoms with van der Waals surface area (Å²) in [4.78, 5) is 2.03. The van der Waals surface area contributed by atoms with Crippen LogP contribution in [0.2, 0.25) is 0 Å². The largest absolute Gasteiger partial charge is 0.491 e. The van der Waals surface area contributed by atoms with E-state index in [0.29, 0.717) is 19.6 Å². The zero-order valence-electron chi connectivity index (χ0n) is 13.6. The summed E-state index contributed by atoms with van der Waals surface area (Å²) in [5, 5.41) is 14.3. The molecule has 0 aliphatic heterocycles. The first-order valence-corrected chi connectivity index (χ1v) is 7.57. The lowest BCUT2D eigenvalue weighted by molar-refractivity contribution is 0.0743. The number of hydrogen-bond acceptors (Lipinski definition) is 4. The summed E-state index contributed by atoms with van der Waals surface area (Å²) in [5.74, 6) is 3.33. The van der Waals surface area contributed by atoms with E-state index in [1.807, 2.05) is 49.3 Å². The van der Waals surface area contributed by atoms with Crippen molar-refractivity contribution in [1.29, 1.82) is 0 Å². The van der Waals surface area contributed by atoms with Crippen molar-refractivity contribution < 1.29 is 9.84 Å². The second-order valence-electron chi connectivity index (χ2n) is 5.73. The number of likely N-dealkylation sites (N-methyl/N-ethyl adjacent to an activating group) is 1. The lowest BCUT2D eigenvalue weighted by atomic mass is 10.2. The number of nitrogens with zero attached hydrogens (tertiary/aromatic N) is 3. The summed E-state index contributed by atoms with van der Waals surface area (Å²) in [6.45, 7) is 3.97. The summed E-state index contributed by atoms with van der Waals surface area (Å²) in [7, 11) is 1.95. The van der Waals surface area contributed by atoms with E-state index in [2.05, 4.69) is 11.0 Å². The van der Waals surface area contributed by atoms with E-state index in [9.17, 15) is 5.11 Å². The maximum atomic E-state index is 10.1. The third-order valence-corrected chi connectivity index (χ3v) is 3.35. The normalized spacial score (nSPS) is 12.1. The third kappa shape index (κ3) is 5.78. The van der Waals surface area contributed by atoms with Crippen LogP contribution in [0.3, 0.4) is 0 Å². The molecule has 1 aromatic heterocycles. The number of aliphatic hydroxyl groups is 1. The number of terminal acetylenes is 1. The van der Waals surface area contributed by atoms with Gasteiger partial charge in [0.2, 0.25) is 0 Å². The van der Waals surface area contributed by atoms with Gasteiger partial charge in [0.1, 0.15) is 25.0 Å². The van der Waals surface area contributed by atoms with Crippen molar-refractivity contribution in [1.82, 2.24) is 14.7 Å². The molecule has 0 aliphatic carbocycles. The number of ether oxygens (including phenoxy) is 1. The molecule has 1 aromatic carbocycles. The van der Waals surface area contributed by atoms with Gasteiger partial charge in [0.25, 0.3) is 0 Å². The number of benzene rings is 1. The molecule has 0 radical (unpaired) electrons. The van der Waals surface area contributed by atoms with Crippen LogP contribution in [0, 0.1) is 19.3 Å². The van der Waals surface area contributed by atoms with E-state index >= 15 is 0 Å². The number of hydrogen-bond donors (Lipinski definition) is 1. The van der Waals surface area contributed by atoms with Gasteiger partial charge < -0.3 is 9.84 Å². The van der Waals surface area contributed by atoms with Gasteiger partial charge in [-0.15, -0.1) is 6.42 Å². The Morgan fingerprint density at radius 3 is 3.04 bits per heavy atom. The number of aromatic nitrogens is 2. The van der Waals surface area contributed by atoms with E-state index in [1.165, 1.54) is 0 Å². The number of rotatable bonds is 8. The van der Waals surface area contributed by atoms with Gasteiger partial charge in [0.05, 0.1) is 6.20 Å². The van der Waals surface area contributed by atoms with E-state index < -0.39 is 6.10 Å². The van der Waals surface area contributed by atoms with Crippen LogP contribution in [0.5, 0.6) is 5.75 Å². The smallest absolute Gasteiger partial charge is 0.119 e. The van der Waals surface area contributed by atoms with E-state index in [1.54, 1.807) is 10.9 Å². The Kier molecular flexibility index (Phi) is 6.21. The summed E-state index contributed by atoms with van der Waals surface area (Å²) in [6, 6.07) is 7.80. The maximum absolute atomic E-state index is 10.1. The molecular formula is C18H23N3O2. The Hall–Kier alpha value is -2.29. The van der Waals surface area contributed by atoms with Crippen LogP contribution >= 0.6 is 0 Å². The van der Waals surface area contributed by atoms with Crippen LogP contribution in [0.25, 0.3) is 0 Å². The van der Waals surface area contributed by atoms with Crippen LogP contribution < -0.4 is 4.74 Å². The van der Waals surface area contributed by atoms with Gasteiger partial charge in [-0.1, -0.05) is 18.1 Å². The van der Waals surface area contributed by atoms with Crippen LogP contribution in [0.1, 0.15) is 11.1 Å². The van der Waals surface area contributed by atoms with Crippen LogP contribution in [0.4, 0.5) is 0 Å². The van der Waals surface area contributed by atoms with Gasteiger partial charge >= 0.3 is 0 Å². The first kappa shape index (κ1) is 17.1. The van der Waals surface area contributed by atoms with Gasteiger partial charge in [-0.25, -0.2) is 0 Å². The van der Waals surface area contributed by atoms with Crippen molar-refractivity contribution in [2.45, 2.75) is 26.1 Å². The first-order chi connectivity index (χ1) is 11.1. The van der Waals surface area contributed by atoms with Crippen molar-refractivity contribution in [3.05, 3.63) is 47.8 Å². The van der Waals surface area contributed by atoms with Crippen molar-refractivity contribution in [2.75, 3.05) is 20.2 Å². The summed E-state index contributed by atoms with van der Waals surface area (Å²) >= 11 is 0. The molecule has 1 heterocycles. The molecule has 0 spiro atoms. The third-order valence-electron chi connectivity index (χ3n) is 3.35. The molecule has 0 bridgehead atoms. The second kappa shape index (κ2) is 8.37. The lowest BCUT2D eigenvalue weighted by Gasteiger charge is -2.20. The van der Waals surface area contributed by atoms with Gasteiger partial charge in [-0.3, -0.25) is 9.58 Å². The zero-order chi connectivity index (χ0) is 16.7. The maximum Gasteiger partial charge on any atom is 0.119 e. The molecule has 2 rings (SSSR count). The van der Waals surface area contributed by atoms with Crippen LogP contribution in [-0.2, 0) is 13.1 Å². The minimum absolute atomic E-state index is 0.268. The Bertz CT molecular complexity index is 660. The fraction of sp³-hybridized carbons (Fsp3) is 0.389. The average Bonchev–Trinajstić information content (AvgIpc) is 2.92. The Labute approximate surface area is 137 Å². The minimum atomic E-state index is -0.554. The lowest BCUT2D eigenvalue weighted by Crippen LogP contribution is -2.32. The van der Waals surface area contributed by atoms with E-state index in [0.717, 1.165) is 16.9 Å². The second-order valence-corrected chi connectivity index (χ2v) is 5.73. The zero-order valence-corrected chi connectivity index (χ0v) is 13.6.